The molecule has 23 heavy (non-hydrogen) atoms. The van der Waals surface area contributed by atoms with Gasteiger partial charge in [0, 0.05) is 31.5 Å². The van der Waals surface area contributed by atoms with Crippen LogP contribution in [-0.4, -0.2) is 65.4 Å². The summed E-state index contributed by atoms with van der Waals surface area (Å²) in [6.45, 7) is 11.7. The Labute approximate surface area is 140 Å². The first-order chi connectivity index (χ1) is 10.2. The molecule has 1 N–H and O–H groups in total. The zero-order valence-corrected chi connectivity index (χ0v) is 16.6. The van der Waals surface area contributed by atoms with Crippen molar-refractivity contribution in [1.82, 2.24) is 4.90 Å². The van der Waals surface area contributed by atoms with Crippen molar-refractivity contribution >= 4 is 24.5 Å². The summed E-state index contributed by atoms with van der Waals surface area (Å²) in [5, 5.41) is 9.24. The highest BCUT2D eigenvalue weighted by molar-refractivity contribution is 7.85. The van der Waals surface area contributed by atoms with E-state index in [0.717, 1.165) is 6.26 Å². The molecular weight excluding hydrogens is 338 g/mol. The third kappa shape index (κ3) is 6.05. The zero-order chi connectivity index (χ0) is 18.1. The zero-order valence-electron chi connectivity index (χ0n) is 14.8. The minimum Gasteiger partial charge on any atom is -0.465 e. The van der Waals surface area contributed by atoms with Crippen molar-refractivity contribution in [2.75, 3.05) is 32.6 Å². The van der Waals surface area contributed by atoms with E-state index in [1.807, 2.05) is 0 Å². The van der Waals surface area contributed by atoms with Gasteiger partial charge < -0.3 is 14.4 Å². The van der Waals surface area contributed by atoms with Gasteiger partial charge in [-0.15, -0.1) is 0 Å². The molecular formula is C14H29NO6SSi. The molecule has 0 spiro atoms. The van der Waals surface area contributed by atoms with Gasteiger partial charge in [-0.25, -0.2) is 4.79 Å². The molecule has 0 radical (unpaired) electrons. The molecule has 0 aliphatic carbocycles. The molecule has 2 atom stereocenters. The van der Waals surface area contributed by atoms with Gasteiger partial charge in [0.15, 0.2) is 8.32 Å². The largest absolute Gasteiger partial charge is 0.465 e. The van der Waals surface area contributed by atoms with Crippen molar-refractivity contribution in [2.45, 2.75) is 38.9 Å². The van der Waals surface area contributed by atoms with Gasteiger partial charge >= 0.3 is 6.09 Å². The first-order valence-electron chi connectivity index (χ1n) is 7.69. The Hall–Kier alpha value is -0.643. The van der Waals surface area contributed by atoms with E-state index in [0.29, 0.717) is 13.2 Å². The summed E-state index contributed by atoms with van der Waals surface area (Å²) in [7, 11) is -5.47. The molecule has 136 valence electrons. The van der Waals surface area contributed by atoms with E-state index in [9.17, 15) is 13.2 Å². The van der Waals surface area contributed by atoms with Crippen LogP contribution >= 0.6 is 0 Å². The molecule has 1 fully saturated rings. The molecule has 0 aromatic carbocycles. The van der Waals surface area contributed by atoms with Crippen LogP contribution in [0.15, 0.2) is 0 Å². The Kier molecular flexibility index (Phi) is 6.28. The molecule has 1 amide bonds. The van der Waals surface area contributed by atoms with Crippen LogP contribution in [0.3, 0.4) is 0 Å². The number of hydrogen-bond acceptors (Lipinski definition) is 5. The van der Waals surface area contributed by atoms with Crippen LogP contribution in [0.25, 0.3) is 0 Å². The van der Waals surface area contributed by atoms with Gasteiger partial charge in [0.05, 0.1) is 12.9 Å². The quantitative estimate of drug-likeness (QED) is 0.571. The van der Waals surface area contributed by atoms with Gasteiger partial charge in [-0.2, -0.15) is 8.42 Å². The van der Waals surface area contributed by atoms with Crippen LogP contribution in [0.5, 0.6) is 0 Å². The average Bonchev–Trinajstić information content (AvgIpc) is 2.75. The minimum absolute atomic E-state index is 0.00581. The molecule has 9 heteroatoms. The van der Waals surface area contributed by atoms with E-state index in [4.69, 9.17) is 13.7 Å². The lowest BCUT2D eigenvalue weighted by Gasteiger charge is -2.37. The van der Waals surface area contributed by atoms with Gasteiger partial charge in [-0.05, 0) is 18.1 Å². The maximum absolute atomic E-state index is 11.2. The first-order valence-corrected chi connectivity index (χ1v) is 12.4. The lowest BCUT2D eigenvalue weighted by Crippen LogP contribution is -2.42. The summed E-state index contributed by atoms with van der Waals surface area (Å²) in [6, 6.07) is 0. The van der Waals surface area contributed by atoms with Crippen molar-refractivity contribution in [1.29, 1.82) is 0 Å². The van der Waals surface area contributed by atoms with Crippen molar-refractivity contribution < 1.29 is 26.9 Å². The molecule has 0 aromatic rings. The van der Waals surface area contributed by atoms with Crippen LogP contribution in [0.1, 0.15) is 20.8 Å². The summed E-state index contributed by atoms with van der Waals surface area (Å²) < 4.78 is 33.4. The fraction of sp³-hybridized carbons (Fsp3) is 0.929. The minimum atomic E-state index is -3.54. The third-order valence-electron chi connectivity index (χ3n) is 4.81. The molecule has 1 heterocycles. The predicted octanol–water partition coefficient (Wildman–Crippen LogP) is 2.21. The summed E-state index contributed by atoms with van der Waals surface area (Å²) in [6.07, 6.45) is 0.00194. The molecule has 1 rings (SSSR count). The van der Waals surface area contributed by atoms with Crippen molar-refractivity contribution in [2.24, 2.45) is 11.8 Å². The van der Waals surface area contributed by atoms with E-state index >= 15 is 0 Å². The highest BCUT2D eigenvalue weighted by atomic mass is 32.2. The second-order valence-electron chi connectivity index (χ2n) is 7.77. The maximum Gasteiger partial charge on any atom is 0.407 e. The Morgan fingerprint density at radius 3 is 2.09 bits per heavy atom. The van der Waals surface area contributed by atoms with Gasteiger partial charge in [0.2, 0.25) is 0 Å². The van der Waals surface area contributed by atoms with Gasteiger partial charge in [-0.1, -0.05) is 20.8 Å². The highest BCUT2D eigenvalue weighted by Crippen LogP contribution is 2.37. The fourth-order valence-corrected chi connectivity index (χ4v) is 3.70. The van der Waals surface area contributed by atoms with Crippen molar-refractivity contribution in [3.05, 3.63) is 0 Å². The first kappa shape index (κ1) is 20.4. The SMILES string of the molecule is CC(C)(C)[Si](C)(C)OCC1CN(C(=O)O)CC1COS(C)(=O)=O. The van der Waals surface area contributed by atoms with Crippen LogP contribution in [0.4, 0.5) is 4.79 Å². The lowest BCUT2D eigenvalue weighted by atomic mass is 9.98. The Bertz CT molecular complexity index is 528. The number of rotatable bonds is 6. The van der Waals surface area contributed by atoms with E-state index in [1.165, 1.54) is 4.90 Å². The number of amides is 1. The summed E-state index contributed by atoms with van der Waals surface area (Å²) in [4.78, 5) is 12.5. The van der Waals surface area contributed by atoms with Gasteiger partial charge in [-0.3, -0.25) is 4.18 Å². The highest BCUT2D eigenvalue weighted by Gasteiger charge is 2.41. The third-order valence-corrected chi connectivity index (χ3v) is 9.87. The average molecular weight is 368 g/mol. The molecule has 0 saturated carbocycles. The van der Waals surface area contributed by atoms with Crippen LogP contribution in [-0.2, 0) is 18.7 Å². The second-order valence-corrected chi connectivity index (χ2v) is 14.2. The van der Waals surface area contributed by atoms with Crippen LogP contribution in [0, 0.1) is 11.8 Å². The van der Waals surface area contributed by atoms with Crippen molar-refractivity contribution in [3.8, 4) is 0 Å². The Balaban J connectivity index is 2.73. The molecule has 1 aliphatic rings. The number of hydrogen-bond donors (Lipinski definition) is 1. The fourth-order valence-electron chi connectivity index (χ4n) is 2.22. The predicted molar refractivity (Wildman–Crippen MR) is 90.5 cm³/mol. The van der Waals surface area contributed by atoms with Crippen LogP contribution < -0.4 is 0 Å². The second kappa shape index (κ2) is 7.08. The summed E-state index contributed by atoms with van der Waals surface area (Å²) in [5.74, 6) is -0.229. The Morgan fingerprint density at radius 1 is 1.22 bits per heavy atom. The monoisotopic (exact) mass is 367 g/mol. The molecule has 1 aliphatic heterocycles. The van der Waals surface area contributed by atoms with Gasteiger partial charge in [0.25, 0.3) is 10.1 Å². The molecule has 2 unspecified atom stereocenters. The maximum atomic E-state index is 11.2. The number of carboxylic acid groups (broad SMARTS) is 1. The number of carbonyl (C=O) groups is 1. The summed E-state index contributed by atoms with van der Waals surface area (Å²) in [5.41, 5.74) is 0. The van der Waals surface area contributed by atoms with Crippen LogP contribution in [0.2, 0.25) is 18.1 Å². The molecule has 0 aromatic heterocycles. The van der Waals surface area contributed by atoms with E-state index in [-0.39, 0.29) is 30.0 Å². The number of likely N-dealkylation sites (tertiary alicyclic amines) is 1. The Morgan fingerprint density at radius 2 is 1.70 bits per heavy atom. The standard InChI is InChI=1S/C14H29NO6SSi/c1-14(2,3)23(5,6)21-10-12-8-15(13(16)17)7-11(12)9-20-22(4,18)19/h11-12H,7-10H2,1-6H3,(H,16,17). The number of nitrogens with zero attached hydrogens (tertiary/aromatic N) is 1. The van der Waals surface area contributed by atoms with Gasteiger partial charge in [0.1, 0.15) is 0 Å². The smallest absolute Gasteiger partial charge is 0.407 e. The lowest BCUT2D eigenvalue weighted by molar-refractivity contribution is 0.151. The van der Waals surface area contributed by atoms with E-state index in [2.05, 4.69) is 33.9 Å². The van der Waals surface area contributed by atoms with E-state index < -0.39 is 24.5 Å². The van der Waals surface area contributed by atoms with Crippen molar-refractivity contribution in [3.63, 3.8) is 0 Å². The molecule has 7 nitrogen and oxygen atoms in total. The molecule has 1 saturated heterocycles. The molecule has 0 bridgehead atoms. The normalized spacial score (nSPS) is 23.3. The van der Waals surface area contributed by atoms with E-state index in [1.54, 1.807) is 0 Å². The topological polar surface area (TPSA) is 93.1 Å². The summed E-state index contributed by atoms with van der Waals surface area (Å²) >= 11 is 0.